The molecule has 0 bridgehead atoms. The van der Waals surface area contributed by atoms with Crippen molar-refractivity contribution < 1.29 is 23.4 Å². The fourth-order valence-electron chi connectivity index (χ4n) is 1.01. The van der Waals surface area contributed by atoms with E-state index in [0.717, 1.165) is 13.2 Å². The largest absolute Gasteiger partial charge is 0.494 e. The predicted molar refractivity (Wildman–Crippen MR) is 47.1 cm³/mol. The van der Waals surface area contributed by atoms with Gasteiger partial charge in [0, 0.05) is 0 Å². The van der Waals surface area contributed by atoms with E-state index in [-0.39, 0.29) is 5.75 Å². The quantitative estimate of drug-likeness (QED) is 0.798. The summed E-state index contributed by atoms with van der Waals surface area (Å²) in [6.45, 7) is 0. The van der Waals surface area contributed by atoms with Crippen LogP contribution in [0.25, 0.3) is 0 Å². The lowest BCUT2D eigenvalue weighted by molar-refractivity contribution is 0.0686. The molecule has 0 amide bonds. The maximum Gasteiger partial charge on any atom is 0.358 e. The Hall–Kier alpha value is -1.92. The minimum atomic E-state index is -2.82. The van der Waals surface area contributed by atoms with Crippen LogP contribution in [-0.2, 0) is 0 Å². The number of halogens is 2. The van der Waals surface area contributed by atoms with Crippen molar-refractivity contribution in [2.24, 2.45) is 0 Å². The third-order valence-corrected chi connectivity index (χ3v) is 1.71. The van der Waals surface area contributed by atoms with Crippen molar-refractivity contribution in [2.75, 3.05) is 12.8 Å². The number of alkyl halides is 2. The Kier molecular flexibility index (Phi) is 3.03. The summed E-state index contributed by atoms with van der Waals surface area (Å²) in [5, 5.41) is 8.67. The fraction of sp³-hybridized carbons (Fsp3) is 0.250. The van der Waals surface area contributed by atoms with Crippen LogP contribution >= 0.6 is 0 Å². The summed E-state index contributed by atoms with van der Waals surface area (Å²) in [5.74, 6) is -2.14. The average molecular weight is 218 g/mol. The van der Waals surface area contributed by atoms with Gasteiger partial charge in [0.2, 0.25) is 0 Å². The van der Waals surface area contributed by atoms with Crippen molar-refractivity contribution in [1.29, 1.82) is 0 Å². The molecule has 0 atom stereocenters. The van der Waals surface area contributed by atoms with Crippen molar-refractivity contribution in [3.8, 4) is 5.75 Å². The van der Waals surface area contributed by atoms with E-state index in [1.165, 1.54) is 0 Å². The number of hydrogen-bond donors (Lipinski definition) is 2. The van der Waals surface area contributed by atoms with Crippen LogP contribution in [0.1, 0.15) is 22.5 Å². The van der Waals surface area contributed by atoms with E-state index in [1.54, 1.807) is 0 Å². The Balaban J connectivity index is 3.35. The van der Waals surface area contributed by atoms with Crippen molar-refractivity contribution in [2.45, 2.75) is 6.43 Å². The molecule has 1 rings (SSSR count). The van der Waals surface area contributed by atoms with Gasteiger partial charge in [0.05, 0.1) is 12.7 Å². The summed E-state index contributed by atoms with van der Waals surface area (Å²) in [7, 11) is 1.16. The number of carboxylic acid groups (broad SMARTS) is 1. The summed E-state index contributed by atoms with van der Waals surface area (Å²) < 4.78 is 29.3. The number of carbonyl (C=O) groups is 1. The third-order valence-electron chi connectivity index (χ3n) is 1.71. The van der Waals surface area contributed by atoms with Crippen LogP contribution in [0.2, 0.25) is 0 Å². The molecule has 82 valence electrons. The molecule has 3 N–H and O–H groups in total. The van der Waals surface area contributed by atoms with E-state index in [0.29, 0.717) is 0 Å². The zero-order chi connectivity index (χ0) is 11.6. The molecular weight excluding hydrogens is 210 g/mol. The summed E-state index contributed by atoms with van der Waals surface area (Å²) in [6, 6.07) is 0.871. The molecule has 5 nitrogen and oxygen atoms in total. The molecule has 0 spiro atoms. The number of pyridine rings is 1. The number of methoxy groups -OCH3 is 1. The number of aromatic carboxylic acids is 1. The van der Waals surface area contributed by atoms with Gasteiger partial charge in [-0.3, -0.25) is 0 Å². The summed E-state index contributed by atoms with van der Waals surface area (Å²) in [5.41, 5.74) is 4.14. The number of hydrogen-bond acceptors (Lipinski definition) is 4. The van der Waals surface area contributed by atoms with Gasteiger partial charge in [0.1, 0.15) is 5.82 Å². The Morgan fingerprint density at radius 3 is 2.67 bits per heavy atom. The Morgan fingerprint density at radius 2 is 2.27 bits per heavy atom. The van der Waals surface area contributed by atoms with Crippen LogP contribution in [0, 0.1) is 0 Å². The number of aromatic nitrogens is 1. The highest BCUT2D eigenvalue weighted by molar-refractivity contribution is 5.89. The van der Waals surface area contributed by atoms with Crippen LogP contribution in [-0.4, -0.2) is 23.2 Å². The first-order valence-electron chi connectivity index (χ1n) is 3.83. The van der Waals surface area contributed by atoms with Crippen LogP contribution in [0.15, 0.2) is 6.07 Å². The summed E-state index contributed by atoms with van der Waals surface area (Å²) in [4.78, 5) is 14.0. The molecular formula is C8H8F2N2O3. The highest BCUT2D eigenvalue weighted by atomic mass is 19.3. The lowest BCUT2D eigenvalue weighted by Crippen LogP contribution is -2.08. The third kappa shape index (κ3) is 2.12. The first kappa shape index (κ1) is 11.2. The van der Waals surface area contributed by atoms with Crippen molar-refractivity contribution in [3.05, 3.63) is 17.3 Å². The van der Waals surface area contributed by atoms with Gasteiger partial charge in [0.25, 0.3) is 6.43 Å². The minimum absolute atomic E-state index is 0.244. The van der Waals surface area contributed by atoms with E-state index in [1.807, 2.05) is 0 Å². The molecule has 1 heterocycles. The number of rotatable bonds is 3. The van der Waals surface area contributed by atoms with E-state index >= 15 is 0 Å². The zero-order valence-corrected chi connectivity index (χ0v) is 7.70. The Morgan fingerprint density at radius 1 is 1.67 bits per heavy atom. The van der Waals surface area contributed by atoms with Gasteiger partial charge in [-0.25, -0.2) is 18.6 Å². The van der Waals surface area contributed by atoms with E-state index in [9.17, 15) is 13.6 Å². The van der Waals surface area contributed by atoms with Crippen molar-refractivity contribution in [3.63, 3.8) is 0 Å². The molecule has 1 aromatic heterocycles. The second-order valence-electron chi connectivity index (χ2n) is 2.62. The number of carboxylic acids is 1. The van der Waals surface area contributed by atoms with Crippen molar-refractivity contribution >= 4 is 11.8 Å². The van der Waals surface area contributed by atoms with Crippen LogP contribution in [0.3, 0.4) is 0 Å². The molecule has 0 saturated carbocycles. The fourth-order valence-corrected chi connectivity index (χ4v) is 1.01. The number of ether oxygens (including phenoxy) is 1. The smallest absolute Gasteiger partial charge is 0.358 e. The van der Waals surface area contributed by atoms with Gasteiger partial charge in [-0.2, -0.15) is 0 Å². The number of nitrogen functional groups attached to an aromatic ring is 1. The molecule has 0 saturated heterocycles. The number of anilines is 1. The molecule has 0 fully saturated rings. The molecule has 0 aliphatic carbocycles. The first-order valence-corrected chi connectivity index (χ1v) is 3.83. The standard InChI is InChI=1S/C8H8F2N2O3/c1-15-4-2-3(6(9)10)7(11)12-5(4)8(13)14/h2,6H,1H3,(H2,11,12)(H,13,14). The number of nitrogens with zero attached hydrogens (tertiary/aromatic N) is 1. The normalized spacial score (nSPS) is 10.4. The highest BCUT2D eigenvalue weighted by Crippen LogP contribution is 2.29. The predicted octanol–water partition coefficient (Wildman–Crippen LogP) is 1.31. The average Bonchev–Trinajstić information content (AvgIpc) is 2.16. The lowest BCUT2D eigenvalue weighted by atomic mass is 10.2. The van der Waals surface area contributed by atoms with Gasteiger partial charge in [-0.15, -0.1) is 0 Å². The molecule has 7 heteroatoms. The summed E-state index contributed by atoms with van der Waals surface area (Å²) >= 11 is 0. The molecule has 0 aliphatic heterocycles. The van der Waals surface area contributed by atoms with Gasteiger partial charge in [0.15, 0.2) is 11.4 Å². The molecule has 0 radical (unpaired) electrons. The molecule has 15 heavy (non-hydrogen) atoms. The lowest BCUT2D eigenvalue weighted by Gasteiger charge is -2.09. The summed E-state index contributed by atoms with van der Waals surface area (Å²) in [6.07, 6.45) is -2.82. The van der Waals surface area contributed by atoms with Crippen LogP contribution in [0.4, 0.5) is 14.6 Å². The maximum absolute atomic E-state index is 12.4. The van der Waals surface area contributed by atoms with Gasteiger partial charge in [-0.1, -0.05) is 0 Å². The van der Waals surface area contributed by atoms with E-state index in [2.05, 4.69) is 9.72 Å². The maximum atomic E-state index is 12.4. The van der Waals surface area contributed by atoms with Crippen molar-refractivity contribution in [1.82, 2.24) is 4.98 Å². The first-order chi connectivity index (χ1) is 6.97. The highest BCUT2D eigenvalue weighted by Gasteiger charge is 2.20. The SMILES string of the molecule is COc1cc(C(F)F)c(N)nc1C(=O)O. The number of nitrogens with two attached hydrogens (primary N) is 1. The van der Waals surface area contributed by atoms with Crippen LogP contribution in [0.5, 0.6) is 5.75 Å². The monoisotopic (exact) mass is 218 g/mol. The Bertz CT molecular complexity index is 396. The molecule has 0 aliphatic rings. The second-order valence-corrected chi connectivity index (χ2v) is 2.62. The van der Waals surface area contributed by atoms with E-state index in [4.69, 9.17) is 10.8 Å². The zero-order valence-electron chi connectivity index (χ0n) is 7.70. The second kappa shape index (κ2) is 4.07. The Labute approximate surface area is 83.5 Å². The van der Waals surface area contributed by atoms with Gasteiger partial charge in [-0.05, 0) is 6.07 Å². The van der Waals surface area contributed by atoms with Gasteiger partial charge < -0.3 is 15.6 Å². The minimum Gasteiger partial charge on any atom is -0.494 e. The topological polar surface area (TPSA) is 85.4 Å². The van der Waals surface area contributed by atoms with E-state index < -0.39 is 29.5 Å². The molecule has 0 aromatic carbocycles. The van der Waals surface area contributed by atoms with Gasteiger partial charge >= 0.3 is 5.97 Å². The molecule has 0 unspecified atom stereocenters. The molecule has 1 aromatic rings. The van der Waals surface area contributed by atoms with Crippen LogP contribution < -0.4 is 10.5 Å².